The maximum absolute atomic E-state index is 10.7. The zero-order chi connectivity index (χ0) is 35.4. The fraction of sp³-hybridized carbons (Fsp3) is 0.0952. The number of aromatic hydroxyl groups is 7. The second-order valence-corrected chi connectivity index (χ2v) is 12.8. The van der Waals surface area contributed by atoms with Crippen LogP contribution < -0.4 is 9.47 Å². The molecule has 0 bridgehead atoms. The Labute approximate surface area is 292 Å². The van der Waals surface area contributed by atoms with Crippen molar-refractivity contribution in [3.05, 3.63) is 160 Å². The lowest BCUT2D eigenvalue weighted by molar-refractivity contribution is 0.212. The van der Waals surface area contributed by atoms with Crippen molar-refractivity contribution >= 4 is 12.2 Å². The first-order valence-corrected chi connectivity index (χ1v) is 16.3. The van der Waals surface area contributed by atoms with Gasteiger partial charge in [-0.05, 0) is 94.0 Å². The van der Waals surface area contributed by atoms with Gasteiger partial charge in [-0.3, -0.25) is 0 Å². The Morgan fingerprint density at radius 3 is 1.14 bits per heavy atom. The van der Waals surface area contributed by atoms with E-state index in [9.17, 15) is 35.7 Å². The van der Waals surface area contributed by atoms with Crippen LogP contribution in [0.3, 0.4) is 0 Å². The Balaban J connectivity index is 1.42. The second-order valence-electron chi connectivity index (χ2n) is 12.8. The molecule has 7 N–H and O–H groups in total. The van der Waals surface area contributed by atoms with Crippen LogP contribution in [0.25, 0.3) is 12.2 Å². The van der Waals surface area contributed by atoms with Crippen LogP contribution in [0.4, 0.5) is 0 Å². The van der Waals surface area contributed by atoms with Crippen molar-refractivity contribution in [1.29, 1.82) is 0 Å². The molecule has 6 aromatic rings. The van der Waals surface area contributed by atoms with Crippen molar-refractivity contribution in [2.24, 2.45) is 0 Å². The Morgan fingerprint density at radius 2 is 0.745 bits per heavy atom. The summed E-state index contributed by atoms with van der Waals surface area (Å²) < 4.78 is 13.5. The number of fused-ring (bicyclic) bond motifs is 2. The molecule has 9 nitrogen and oxygen atoms in total. The molecule has 0 unspecified atom stereocenters. The summed E-state index contributed by atoms with van der Waals surface area (Å²) in [5, 5.41) is 72.8. The highest BCUT2D eigenvalue weighted by atomic mass is 16.5. The Bertz CT molecular complexity index is 2120. The molecule has 0 saturated heterocycles. The number of hydrogen-bond donors (Lipinski definition) is 7. The minimum Gasteiger partial charge on any atom is -0.508 e. The monoisotopic (exact) mass is 680 g/mol. The molecule has 6 aromatic carbocycles. The van der Waals surface area contributed by atoms with Crippen LogP contribution >= 0.6 is 0 Å². The summed E-state index contributed by atoms with van der Waals surface area (Å²) in [5.74, 6) is -0.409. The van der Waals surface area contributed by atoms with Gasteiger partial charge in [-0.2, -0.15) is 0 Å². The van der Waals surface area contributed by atoms with E-state index in [2.05, 4.69) is 0 Å². The highest BCUT2D eigenvalue weighted by Crippen LogP contribution is 2.60. The maximum Gasteiger partial charge on any atom is 0.135 e. The number of phenols is 7. The summed E-state index contributed by atoms with van der Waals surface area (Å²) in [6.45, 7) is 0. The third-order valence-corrected chi connectivity index (χ3v) is 9.46. The molecule has 0 aromatic heterocycles. The van der Waals surface area contributed by atoms with Crippen molar-refractivity contribution in [1.82, 2.24) is 0 Å². The molecule has 0 spiro atoms. The predicted molar refractivity (Wildman–Crippen MR) is 190 cm³/mol. The number of ether oxygens (including phenoxy) is 2. The molecule has 0 fully saturated rings. The fourth-order valence-corrected chi connectivity index (χ4v) is 7.31. The average Bonchev–Trinajstić information content (AvgIpc) is 3.66. The summed E-state index contributed by atoms with van der Waals surface area (Å²) in [6.07, 6.45) is 2.52. The minimum absolute atomic E-state index is 0.0863. The van der Waals surface area contributed by atoms with Gasteiger partial charge in [0, 0.05) is 29.3 Å². The fourth-order valence-electron chi connectivity index (χ4n) is 7.31. The smallest absolute Gasteiger partial charge is 0.135 e. The third kappa shape index (κ3) is 5.84. The Hall–Kier alpha value is -6.74. The molecule has 9 heteroatoms. The van der Waals surface area contributed by atoms with Gasteiger partial charge in [-0.25, -0.2) is 0 Å². The van der Waals surface area contributed by atoms with E-state index in [0.717, 1.165) is 27.8 Å². The van der Waals surface area contributed by atoms with Crippen LogP contribution in [-0.2, 0) is 0 Å². The second kappa shape index (κ2) is 12.3. The van der Waals surface area contributed by atoms with Crippen molar-refractivity contribution in [2.75, 3.05) is 0 Å². The largest absolute Gasteiger partial charge is 0.508 e. The third-order valence-electron chi connectivity index (χ3n) is 9.46. The van der Waals surface area contributed by atoms with E-state index in [1.54, 1.807) is 97.1 Å². The highest BCUT2D eigenvalue weighted by Gasteiger charge is 2.45. The normalized spacial score (nSPS) is 19.0. The first kappa shape index (κ1) is 31.5. The zero-order valence-electron chi connectivity index (χ0n) is 26.9. The van der Waals surface area contributed by atoms with Gasteiger partial charge in [0.2, 0.25) is 0 Å². The molecule has 2 aliphatic rings. The van der Waals surface area contributed by atoms with Crippen LogP contribution in [0.1, 0.15) is 68.6 Å². The van der Waals surface area contributed by atoms with E-state index in [1.165, 1.54) is 12.1 Å². The predicted octanol–water partition coefficient (Wildman–Crippen LogP) is 8.33. The topological polar surface area (TPSA) is 160 Å². The SMILES string of the molecule is Oc1ccc(/C=C\c2c3c(cc4c2[C@@H](c2cc(O)cc(O)c2)[C@H](c2ccc(O)cc2)O4)O[C@H](c2ccc(O)cc2)[C@H]3c2cc(O)cc(O)c2)cc1. The maximum atomic E-state index is 10.7. The van der Waals surface area contributed by atoms with Crippen LogP contribution in [0.2, 0.25) is 0 Å². The Morgan fingerprint density at radius 1 is 0.373 bits per heavy atom. The van der Waals surface area contributed by atoms with Gasteiger partial charge in [-0.15, -0.1) is 0 Å². The molecular formula is C42H32O9. The van der Waals surface area contributed by atoms with Gasteiger partial charge in [-0.1, -0.05) is 48.6 Å². The lowest BCUT2D eigenvalue weighted by Crippen LogP contribution is -2.14. The highest BCUT2D eigenvalue weighted by molar-refractivity contribution is 5.80. The molecule has 254 valence electrons. The number of benzene rings is 6. The van der Waals surface area contributed by atoms with Gasteiger partial charge < -0.3 is 45.2 Å². The van der Waals surface area contributed by atoms with E-state index in [1.807, 2.05) is 18.2 Å². The van der Waals surface area contributed by atoms with Crippen LogP contribution in [0, 0.1) is 0 Å². The zero-order valence-corrected chi connectivity index (χ0v) is 26.9. The van der Waals surface area contributed by atoms with Crippen LogP contribution in [0.15, 0.2) is 115 Å². The van der Waals surface area contributed by atoms with E-state index in [4.69, 9.17) is 9.47 Å². The van der Waals surface area contributed by atoms with Crippen LogP contribution in [-0.4, -0.2) is 35.7 Å². The lowest BCUT2D eigenvalue weighted by atomic mass is 9.77. The molecule has 2 aliphatic heterocycles. The van der Waals surface area contributed by atoms with Crippen molar-refractivity contribution < 1.29 is 45.2 Å². The molecular weight excluding hydrogens is 648 g/mol. The van der Waals surface area contributed by atoms with E-state index < -0.39 is 24.0 Å². The van der Waals surface area contributed by atoms with Gasteiger partial charge in [0.05, 0.1) is 11.8 Å². The number of rotatable bonds is 6. The molecule has 8 rings (SSSR count). The van der Waals surface area contributed by atoms with E-state index in [0.29, 0.717) is 28.2 Å². The summed E-state index contributed by atoms with van der Waals surface area (Å²) in [5.41, 5.74) is 5.59. The van der Waals surface area contributed by atoms with Gasteiger partial charge in [0.1, 0.15) is 64.0 Å². The van der Waals surface area contributed by atoms with Crippen molar-refractivity contribution in [3.8, 4) is 51.7 Å². The molecule has 4 atom stereocenters. The molecule has 2 heterocycles. The number of hydrogen-bond acceptors (Lipinski definition) is 9. The molecule has 0 aliphatic carbocycles. The van der Waals surface area contributed by atoms with Crippen molar-refractivity contribution in [2.45, 2.75) is 24.0 Å². The summed E-state index contributed by atoms with van der Waals surface area (Å²) in [7, 11) is 0. The van der Waals surface area contributed by atoms with Gasteiger partial charge in [0.25, 0.3) is 0 Å². The Kier molecular flexibility index (Phi) is 7.60. The summed E-state index contributed by atoms with van der Waals surface area (Å²) in [4.78, 5) is 0. The van der Waals surface area contributed by atoms with Gasteiger partial charge in [0.15, 0.2) is 0 Å². The lowest BCUT2D eigenvalue weighted by Gasteiger charge is -2.24. The summed E-state index contributed by atoms with van der Waals surface area (Å²) >= 11 is 0. The van der Waals surface area contributed by atoms with Gasteiger partial charge >= 0.3 is 0 Å². The van der Waals surface area contributed by atoms with E-state index >= 15 is 0 Å². The minimum atomic E-state index is -0.652. The first-order chi connectivity index (χ1) is 24.6. The molecule has 0 saturated carbocycles. The quantitative estimate of drug-likeness (QED) is 0.0858. The molecule has 0 radical (unpaired) electrons. The van der Waals surface area contributed by atoms with E-state index in [-0.39, 0.29) is 40.2 Å². The first-order valence-electron chi connectivity index (χ1n) is 16.3. The number of phenolic OH excluding ortho intramolecular Hbond substituents is 7. The molecule has 51 heavy (non-hydrogen) atoms. The van der Waals surface area contributed by atoms with Crippen molar-refractivity contribution in [3.63, 3.8) is 0 Å². The average molecular weight is 681 g/mol. The summed E-state index contributed by atoms with van der Waals surface area (Å²) in [6, 6.07) is 30.7. The van der Waals surface area contributed by atoms with Crippen LogP contribution in [0.5, 0.6) is 51.7 Å². The standard InChI is InChI=1S/C42H32O9/c43-27-8-1-22(2-9-27)3-14-34-39-35(50-41(23-4-10-28(44)11-5-23)37(39)25-15-30(46)19-31(47)16-25)21-36-40(34)38(26-17-32(48)20-33(49)18-26)42(51-36)24-6-12-29(45)13-7-24/h1-21,37-38,41-49H/b14-3-/t37-,38+,41+,42-. The molecule has 0 amide bonds.